The zero-order chi connectivity index (χ0) is 17.6. The number of hydrogen-bond acceptors (Lipinski definition) is 3. The van der Waals surface area contributed by atoms with Crippen molar-refractivity contribution >= 4 is 5.91 Å². The first-order valence-electron chi connectivity index (χ1n) is 8.50. The molecule has 0 aliphatic rings. The van der Waals surface area contributed by atoms with E-state index in [0.717, 1.165) is 11.1 Å². The van der Waals surface area contributed by atoms with Gasteiger partial charge in [-0.2, -0.15) is 0 Å². The molecule has 2 aromatic carbocycles. The maximum atomic E-state index is 12.7. The number of hydrogen-bond donors (Lipinski definition) is 0. The van der Waals surface area contributed by atoms with Gasteiger partial charge in [0.2, 0.25) is 11.8 Å². The fourth-order valence-corrected chi connectivity index (χ4v) is 2.73. The van der Waals surface area contributed by atoms with Crippen LogP contribution < -0.4 is 0 Å². The van der Waals surface area contributed by atoms with Gasteiger partial charge in [-0.1, -0.05) is 48.5 Å². The Bertz CT molecular complexity index is 826. The van der Waals surface area contributed by atoms with Gasteiger partial charge < -0.3 is 9.32 Å². The van der Waals surface area contributed by atoms with Gasteiger partial charge in [-0.25, -0.2) is 4.98 Å². The van der Waals surface area contributed by atoms with E-state index in [9.17, 15) is 4.79 Å². The van der Waals surface area contributed by atoms with Gasteiger partial charge >= 0.3 is 0 Å². The molecule has 1 amide bonds. The van der Waals surface area contributed by atoms with Crippen molar-refractivity contribution in [3.05, 3.63) is 77.7 Å². The molecule has 0 spiro atoms. The lowest BCUT2D eigenvalue weighted by Crippen LogP contribution is -2.31. The summed E-state index contributed by atoms with van der Waals surface area (Å²) in [6.07, 6.45) is 0.253. The summed E-state index contributed by atoms with van der Waals surface area (Å²) in [5, 5.41) is 0. The number of carbonyl (C=O) groups is 1. The molecule has 4 nitrogen and oxygen atoms in total. The van der Waals surface area contributed by atoms with Crippen molar-refractivity contribution in [1.82, 2.24) is 9.88 Å². The molecule has 3 aromatic rings. The van der Waals surface area contributed by atoms with Crippen molar-refractivity contribution in [1.29, 1.82) is 0 Å². The molecule has 128 valence electrons. The molecule has 25 heavy (non-hydrogen) atoms. The fourth-order valence-electron chi connectivity index (χ4n) is 2.73. The minimum absolute atomic E-state index is 0.0577. The van der Waals surface area contributed by atoms with Crippen LogP contribution in [0.25, 0.3) is 11.5 Å². The quantitative estimate of drug-likeness (QED) is 0.677. The van der Waals surface area contributed by atoms with Gasteiger partial charge in [0.05, 0.1) is 12.1 Å². The summed E-state index contributed by atoms with van der Waals surface area (Å²) in [4.78, 5) is 19.1. The number of rotatable bonds is 6. The second-order valence-corrected chi connectivity index (χ2v) is 5.96. The second-order valence-electron chi connectivity index (χ2n) is 5.96. The van der Waals surface area contributed by atoms with Crippen LogP contribution in [0, 0.1) is 6.92 Å². The Morgan fingerprint density at radius 2 is 1.68 bits per heavy atom. The molecule has 1 aromatic heterocycles. The Labute approximate surface area is 148 Å². The third-order valence-corrected chi connectivity index (χ3v) is 4.18. The van der Waals surface area contributed by atoms with E-state index < -0.39 is 0 Å². The summed E-state index contributed by atoms with van der Waals surface area (Å²) in [5.41, 5.74) is 2.75. The summed E-state index contributed by atoms with van der Waals surface area (Å²) < 4.78 is 5.75. The highest BCUT2D eigenvalue weighted by atomic mass is 16.4. The fraction of sp³-hybridized carbons (Fsp3) is 0.238. The number of aryl methyl sites for hydroxylation is 1. The average molecular weight is 334 g/mol. The van der Waals surface area contributed by atoms with Crippen LogP contribution in [-0.4, -0.2) is 22.3 Å². The van der Waals surface area contributed by atoms with Crippen LogP contribution in [0.3, 0.4) is 0 Å². The Morgan fingerprint density at radius 3 is 2.32 bits per heavy atom. The van der Waals surface area contributed by atoms with Crippen LogP contribution in [0.1, 0.15) is 23.9 Å². The molecule has 0 atom stereocenters. The summed E-state index contributed by atoms with van der Waals surface area (Å²) in [6.45, 7) is 5.12. The van der Waals surface area contributed by atoms with Crippen molar-refractivity contribution in [2.75, 3.05) is 6.54 Å². The van der Waals surface area contributed by atoms with E-state index >= 15 is 0 Å². The first kappa shape index (κ1) is 17.0. The summed E-state index contributed by atoms with van der Waals surface area (Å²) >= 11 is 0. The second kappa shape index (κ2) is 7.79. The normalized spacial score (nSPS) is 10.6. The van der Waals surface area contributed by atoms with E-state index in [0.29, 0.717) is 30.4 Å². The highest BCUT2D eigenvalue weighted by molar-refractivity contribution is 5.78. The molecular weight excluding hydrogens is 312 g/mol. The Balaban J connectivity index is 1.72. The molecule has 0 aliphatic carbocycles. The number of carbonyl (C=O) groups excluding carboxylic acids is 1. The van der Waals surface area contributed by atoms with Crippen molar-refractivity contribution < 1.29 is 9.21 Å². The number of oxazole rings is 1. The molecule has 0 N–H and O–H groups in total. The number of likely N-dealkylation sites (N-methyl/N-ethyl adjacent to an activating group) is 1. The molecule has 3 rings (SSSR count). The zero-order valence-corrected chi connectivity index (χ0v) is 14.6. The number of benzene rings is 2. The smallest absolute Gasteiger partial charge is 0.229 e. The van der Waals surface area contributed by atoms with E-state index in [1.165, 1.54) is 0 Å². The van der Waals surface area contributed by atoms with Gasteiger partial charge in [0.1, 0.15) is 5.76 Å². The largest absolute Gasteiger partial charge is 0.441 e. The van der Waals surface area contributed by atoms with Crippen molar-refractivity contribution in [3.63, 3.8) is 0 Å². The zero-order valence-electron chi connectivity index (χ0n) is 14.6. The minimum Gasteiger partial charge on any atom is -0.441 e. The van der Waals surface area contributed by atoms with Gasteiger partial charge in [-0.3, -0.25) is 4.79 Å². The average Bonchev–Trinajstić information content (AvgIpc) is 3.02. The predicted molar refractivity (Wildman–Crippen MR) is 97.9 cm³/mol. The number of aromatic nitrogens is 1. The Morgan fingerprint density at radius 1 is 1.04 bits per heavy atom. The predicted octanol–water partition coefficient (Wildman–Crippen LogP) is 4.24. The molecule has 0 radical (unpaired) electrons. The van der Waals surface area contributed by atoms with Crippen LogP contribution in [0.5, 0.6) is 0 Å². The van der Waals surface area contributed by atoms with Gasteiger partial charge in [-0.15, -0.1) is 0 Å². The van der Waals surface area contributed by atoms with Gasteiger partial charge in [0, 0.05) is 18.7 Å². The molecule has 0 aliphatic heterocycles. The Kier molecular flexibility index (Phi) is 5.29. The monoisotopic (exact) mass is 334 g/mol. The Hall–Kier alpha value is -2.88. The number of amides is 1. The highest BCUT2D eigenvalue weighted by Gasteiger charge is 2.18. The third-order valence-electron chi connectivity index (χ3n) is 4.18. The van der Waals surface area contributed by atoms with E-state index in [2.05, 4.69) is 4.98 Å². The lowest BCUT2D eigenvalue weighted by molar-refractivity contribution is -0.130. The van der Waals surface area contributed by atoms with E-state index in [1.54, 1.807) is 0 Å². The topological polar surface area (TPSA) is 46.3 Å². The minimum atomic E-state index is 0.0577. The van der Waals surface area contributed by atoms with Gasteiger partial charge in [-0.05, 0) is 31.5 Å². The summed E-state index contributed by atoms with van der Waals surface area (Å²) in [5.74, 6) is 1.32. The molecule has 0 saturated carbocycles. The molecular formula is C21H22N2O2. The van der Waals surface area contributed by atoms with Crippen molar-refractivity contribution in [2.45, 2.75) is 26.8 Å². The van der Waals surface area contributed by atoms with Gasteiger partial charge in [0.15, 0.2) is 0 Å². The van der Waals surface area contributed by atoms with Crippen LogP contribution >= 0.6 is 0 Å². The first-order valence-corrected chi connectivity index (χ1v) is 8.50. The lowest BCUT2D eigenvalue weighted by atomic mass is 10.2. The maximum Gasteiger partial charge on any atom is 0.229 e. The van der Waals surface area contributed by atoms with E-state index in [-0.39, 0.29) is 12.3 Å². The summed E-state index contributed by atoms with van der Waals surface area (Å²) in [6, 6.07) is 19.8. The molecule has 0 bridgehead atoms. The van der Waals surface area contributed by atoms with Gasteiger partial charge in [0.25, 0.3) is 0 Å². The van der Waals surface area contributed by atoms with Crippen LogP contribution in [0.2, 0.25) is 0 Å². The SMILES string of the molecule is CCN(Cc1ccccc1)C(=O)Cc1nc(-c2ccccc2)oc1C. The van der Waals surface area contributed by atoms with Crippen molar-refractivity contribution in [3.8, 4) is 11.5 Å². The van der Waals surface area contributed by atoms with Crippen LogP contribution in [-0.2, 0) is 17.8 Å². The first-order chi connectivity index (χ1) is 12.2. The lowest BCUT2D eigenvalue weighted by Gasteiger charge is -2.20. The maximum absolute atomic E-state index is 12.7. The van der Waals surface area contributed by atoms with Crippen molar-refractivity contribution in [2.24, 2.45) is 0 Å². The standard InChI is InChI=1S/C21H22N2O2/c1-3-23(15-17-10-6-4-7-11-17)20(24)14-19-16(2)25-21(22-19)18-12-8-5-9-13-18/h4-13H,3,14-15H2,1-2H3. The molecule has 0 fully saturated rings. The molecule has 4 heteroatoms. The molecule has 0 unspecified atom stereocenters. The van der Waals surface area contributed by atoms with Crippen LogP contribution in [0.15, 0.2) is 65.1 Å². The van der Waals surface area contributed by atoms with Crippen LogP contribution in [0.4, 0.5) is 0 Å². The third kappa shape index (κ3) is 4.15. The van der Waals surface area contributed by atoms with E-state index in [1.807, 2.05) is 79.4 Å². The summed E-state index contributed by atoms with van der Waals surface area (Å²) in [7, 11) is 0. The molecule has 1 heterocycles. The van der Waals surface area contributed by atoms with E-state index in [4.69, 9.17) is 4.42 Å². The number of nitrogens with zero attached hydrogens (tertiary/aromatic N) is 2. The molecule has 0 saturated heterocycles. The highest BCUT2D eigenvalue weighted by Crippen LogP contribution is 2.22.